The molecule has 0 spiro atoms. The van der Waals surface area contributed by atoms with E-state index in [2.05, 4.69) is 4.74 Å². The second-order valence-electron chi connectivity index (χ2n) is 9.06. The Morgan fingerprint density at radius 1 is 0.951 bits per heavy atom. The number of carbonyl (C=O) groups is 1. The standard InChI is InChI=1S/C30H23F3N4O3S/c31-24-8-4-5-9-25(24)35-14-16-36(17-15-35)27(38)23(19-34)29-37(21-6-2-1-3-7-21)28(39)26(41-29)18-20-10-12-22(13-11-20)40-30(32)33/h1-13,18,30H,14-17H2. The summed E-state index contributed by atoms with van der Waals surface area (Å²) in [5.41, 5.74) is 0.860. The Morgan fingerprint density at radius 2 is 1.61 bits per heavy atom. The van der Waals surface area contributed by atoms with E-state index < -0.39 is 18.1 Å². The molecule has 0 radical (unpaired) electrons. The van der Waals surface area contributed by atoms with E-state index in [1.54, 1.807) is 54.6 Å². The molecule has 1 aromatic heterocycles. The number of nitrogens with zero attached hydrogens (tertiary/aromatic N) is 4. The molecule has 1 amide bonds. The van der Waals surface area contributed by atoms with Crippen molar-refractivity contribution in [2.75, 3.05) is 31.1 Å². The van der Waals surface area contributed by atoms with Crippen LogP contribution < -0.4 is 24.4 Å². The first-order valence-corrected chi connectivity index (χ1v) is 13.4. The Bertz CT molecular complexity index is 1770. The number of alkyl halides is 2. The summed E-state index contributed by atoms with van der Waals surface area (Å²) < 4.78 is 45.4. The maximum absolute atomic E-state index is 14.3. The number of carbonyl (C=O) groups excluding carboxylic acids is 1. The molecular weight excluding hydrogens is 553 g/mol. The first kappa shape index (κ1) is 27.7. The van der Waals surface area contributed by atoms with Crippen LogP contribution in [0.5, 0.6) is 5.75 Å². The fourth-order valence-electron chi connectivity index (χ4n) is 4.56. The minimum Gasteiger partial charge on any atom is -0.435 e. The van der Waals surface area contributed by atoms with Crippen LogP contribution in [0.3, 0.4) is 0 Å². The van der Waals surface area contributed by atoms with Gasteiger partial charge in [-0.05, 0) is 48.0 Å². The lowest BCUT2D eigenvalue weighted by Crippen LogP contribution is -2.49. The molecule has 0 aliphatic carbocycles. The number of thiazole rings is 1. The van der Waals surface area contributed by atoms with Crippen LogP contribution >= 0.6 is 11.3 Å². The molecule has 2 heterocycles. The molecule has 5 rings (SSSR count). The number of ether oxygens (including phenoxy) is 1. The molecule has 0 N–H and O–H groups in total. The molecule has 208 valence electrons. The molecule has 1 fully saturated rings. The van der Waals surface area contributed by atoms with Gasteiger partial charge in [0.15, 0.2) is 5.57 Å². The number of halogens is 3. The Morgan fingerprint density at radius 3 is 2.24 bits per heavy atom. The minimum atomic E-state index is -2.96. The Kier molecular flexibility index (Phi) is 8.21. The highest BCUT2D eigenvalue weighted by molar-refractivity contribution is 7.07. The van der Waals surface area contributed by atoms with E-state index in [4.69, 9.17) is 0 Å². The highest BCUT2D eigenvalue weighted by atomic mass is 32.1. The highest BCUT2D eigenvalue weighted by Gasteiger charge is 2.27. The quantitative estimate of drug-likeness (QED) is 0.351. The molecular formula is C30H23F3N4O3S. The number of nitriles is 1. The maximum atomic E-state index is 14.3. The molecule has 1 saturated heterocycles. The van der Waals surface area contributed by atoms with E-state index in [0.717, 1.165) is 11.3 Å². The SMILES string of the molecule is N#CC(C(=O)N1CCN(c2ccccc2F)CC1)=c1sc(=Cc2ccc(OC(F)F)cc2)c(=O)n1-c1ccccc1. The predicted octanol–water partition coefficient (Wildman–Crippen LogP) is 3.49. The number of piperazine rings is 1. The highest BCUT2D eigenvalue weighted by Crippen LogP contribution is 2.21. The van der Waals surface area contributed by atoms with Crippen LogP contribution in [0.1, 0.15) is 5.56 Å². The minimum absolute atomic E-state index is 0.0217. The average molecular weight is 577 g/mol. The van der Waals surface area contributed by atoms with E-state index >= 15 is 0 Å². The Hall–Kier alpha value is -4.82. The lowest BCUT2D eigenvalue weighted by Gasteiger charge is -2.36. The van der Waals surface area contributed by atoms with Crippen molar-refractivity contribution in [3.8, 4) is 17.5 Å². The number of amides is 1. The third-order valence-electron chi connectivity index (χ3n) is 6.54. The van der Waals surface area contributed by atoms with Gasteiger partial charge in [0.1, 0.15) is 22.3 Å². The molecule has 3 aromatic carbocycles. The van der Waals surface area contributed by atoms with E-state index in [-0.39, 0.29) is 39.4 Å². The van der Waals surface area contributed by atoms with Crippen molar-refractivity contribution in [1.82, 2.24) is 9.47 Å². The summed E-state index contributed by atoms with van der Waals surface area (Å²) in [7, 11) is 0. The van der Waals surface area contributed by atoms with E-state index in [9.17, 15) is 28.0 Å². The largest absolute Gasteiger partial charge is 0.435 e. The van der Waals surface area contributed by atoms with Crippen molar-refractivity contribution < 1.29 is 22.7 Å². The summed E-state index contributed by atoms with van der Waals surface area (Å²) in [6, 6.07) is 22.9. The van der Waals surface area contributed by atoms with Crippen molar-refractivity contribution in [2.45, 2.75) is 6.61 Å². The summed E-state index contributed by atoms with van der Waals surface area (Å²) in [6.07, 6.45) is 1.56. The van der Waals surface area contributed by atoms with Gasteiger partial charge in [-0.1, -0.05) is 42.5 Å². The van der Waals surface area contributed by atoms with Crippen LogP contribution in [0.4, 0.5) is 18.9 Å². The topological polar surface area (TPSA) is 78.6 Å². The number of benzene rings is 3. The second kappa shape index (κ2) is 12.1. The lowest BCUT2D eigenvalue weighted by atomic mass is 10.2. The van der Waals surface area contributed by atoms with Crippen LogP contribution in [0, 0.1) is 17.1 Å². The monoisotopic (exact) mass is 576 g/mol. The predicted molar refractivity (Wildman–Crippen MR) is 150 cm³/mol. The molecule has 0 saturated carbocycles. The van der Waals surface area contributed by atoms with Gasteiger partial charge < -0.3 is 14.5 Å². The third kappa shape index (κ3) is 6.02. The Labute approximate surface area is 236 Å². The summed E-state index contributed by atoms with van der Waals surface area (Å²) in [4.78, 5) is 30.6. The van der Waals surface area contributed by atoms with Crippen molar-refractivity contribution in [2.24, 2.45) is 0 Å². The number of para-hydroxylation sites is 2. The number of hydrogen-bond acceptors (Lipinski definition) is 6. The molecule has 1 aliphatic heterocycles. The van der Waals surface area contributed by atoms with Crippen molar-refractivity contribution in [3.05, 3.63) is 110 Å². The second-order valence-corrected chi connectivity index (χ2v) is 10.1. The number of rotatable bonds is 6. The van der Waals surface area contributed by atoms with Crippen LogP contribution in [-0.2, 0) is 4.79 Å². The van der Waals surface area contributed by atoms with Gasteiger partial charge in [0.2, 0.25) is 0 Å². The zero-order valence-electron chi connectivity index (χ0n) is 21.5. The lowest BCUT2D eigenvalue weighted by molar-refractivity contribution is -0.125. The van der Waals surface area contributed by atoms with Crippen LogP contribution in [0.15, 0.2) is 83.7 Å². The van der Waals surface area contributed by atoms with E-state index in [1.165, 1.54) is 39.8 Å². The van der Waals surface area contributed by atoms with Crippen molar-refractivity contribution >= 4 is 34.6 Å². The van der Waals surface area contributed by atoms with Gasteiger partial charge >= 0.3 is 6.61 Å². The van der Waals surface area contributed by atoms with E-state index in [0.29, 0.717) is 30.0 Å². The van der Waals surface area contributed by atoms with Gasteiger partial charge in [0.25, 0.3) is 11.5 Å². The third-order valence-corrected chi connectivity index (χ3v) is 7.63. The normalized spacial score (nSPS) is 14.7. The molecule has 1 aliphatic rings. The summed E-state index contributed by atoms with van der Waals surface area (Å²) in [6.45, 7) is -1.66. The molecule has 0 unspecified atom stereocenters. The average Bonchev–Trinajstić information content (AvgIpc) is 3.30. The smallest absolute Gasteiger partial charge is 0.387 e. The van der Waals surface area contributed by atoms with Crippen LogP contribution in [0.2, 0.25) is 0 Å². The first-order chi connectivity index (χ1) is 19.9. The number of anilines is 1. The number of hydrogen-bond donors (Lipinski definition) is 0. The fraction of sp³-hybridized carbons (Fsp3) is 0.167. The molecule has 4 aromatic rings. The number of aromatic nitrogens is 1. The molecule has 0 bridgehead atoms. The van der Waals surface area contributed by atoms with Gasteiger partial charge in [-0.25, -0.2) is 4.39 Å². The van der Waals surface area contributed by atoms with E-state index in [1.807, 2.05) is 11.0 Å². The zero-order valence-corrected chi connectivity index (χ0v) is 22.4. The summed E-state index contributed by atoms with van der Waals surface area (Å²) >= 11 is 0.992. The molecule has 7 nitrogen and oxygen atoms in total. The fourth-order valence-corrected chi connectivity index (χ4v) is 5.66. The van der Waals surface area contributed by atoms with Crippen LogP contribution in [0.25, 0.3) is 17.3 Å². The summed E-state index contributed by atoms with van der Waals surface area (Å²) in [5.74, 6) is -0.889. The van der Waals surface area contributed by atoms with Crippen molar-refractivity contribution in [1.29, 1.82) is 5.26 Å². The molecule has 11 heteroatoms. The van der Waals surface area contributed by atoms with Gasteiger partial charge in [-0.3, -0.25) is 14.2 Å². The Balaban J connectivity index is 1.53. The molecule has 41 heavy (non-hydrogen) atoms. The first-order valence-electron chi connectivity index (χ1n) is 12.6. The van der Waals surface area contributed by atoms with Gasteiger partial charge in [0.05, 0.1) is 15.9 Å². The van der Waals surface area contributed by atoms with Gasteiger partial charge in [-0.15, -0.1) is 11.3 Å². The summed E-state index contributed by atoms with van der Waals surface area (Å²) in [5, 5.41) is 10.1. The zero-order chi connectivity index (χ0) is 28.9. The van der Waals surface area contributed by atoms with Gasteiger partial charge in [0, 0.05) is 26.2 Å². The van der Waals surface area contributed by atoms with Crippen molar-refractivity contribution in [3.63, 3.8) is 0 Å². The van der Waals surface area contributed by atoms with Gasteiger partial charge in [-0.2, -0.15) is 14.0 Å². The molecule has 0 atom stereocenters. The van der Waals surface area contributed by atoms with Crippen LogP contribution in [-0.4, -0.2) is 48.2 Å². The maximum Gasteiger partial charge on any atom is 0.387 e.